The molecule has 1 unspecified atom stereocenters. The van der Waals surface area contributed by atoms with Gasteiger partial charge in [0.25, 0.3) is 11.7 Å². The van der Waals surface area contributed by atoms with E-state index in [1.807, 2.05) is 38.1 Å². The van der Waals surface area contributed by atoms with Crippen LogP contribution in [0.3, 0.4) is 0 Å². The van der Waals surface area contributed by atoms with Crippen molar-refractivity contribution in [2.24, 2.45) is 0 Å². The van der Waals surface area contributed by atoms with E-state index < -0.39 is 17.7 Å². The summed E-state index contributed by atoms with van der Waals surface area (Å²) in [6.07, 6.45) is 2.46. The molecule has 0 aromatic heterocycles. The Balaban J connectivity index is 2.17. The van der Waals surface area contributed by atoms with Crippen LogP contribution in [-0.4, -0.2) is 49.1 Å². The second-order valence-corrected chi connectivity index (χ2v) is 7.83. The van der Waals surface area contributed by atoms with Crippen molar-refractivity contribution in [3.8, 4) is 17.2 Å². The van der Waals surface area contributed by atoms with Gasteiger partial charge in [-0.1, -0.05) is 32.4 Å². The lowest BCUT2D eigenvalue weighted by atomic mass is 9.94. The summed E-state index contributed by atoms with van der Waals surface area (Å²) in [4.78, 5) is 27.7. The maximum atomic E-state index is 13.2. The Bertz CT molecular complexity index is 1040. The molecule has 7 nitrogen and oxygen atoms in total. The minimum absolute atomic E-state index is 0.0345. The first-order valence-electron chi connectivity index (χ1n) is 11.2. The van der Waals surface area contributed by atoms with Crippen molar-refractivity contribution in [3.63, 3.8) is 0 Å². The zero-order valence-electron chi connectivity index (χ0n) is 19.6. The molecule has 2 aromatic rings. The number of Topliss-reactive ketones (excluding diaryl/α,β-unsaturated/α-hetero) is 1. The zero-order chi connectivity index (χ0) is 24.0. The molecule has 1 saturated heterocycles. The number of likely N-dealkylation sites (tertiary alicyclic amines) is 1. The van der Waals surface area contributed by atoms with Crippen LogP contribution in [0.2, 0.25) is 0 Å². The summed E-state index contributed by atoms with van der Waals surface area (Å²) < 4.78 is 16.4. The van der Waals surface area contributed by atoms with Crippen molar-refractivity contribution in [1.29, 1.82) is 0 Å². The summed E-state index contributed by atoms with van der Waals surface area (Å²) in [5, 5.41) is 11.3. The molecule has 2 aromatic carbocycles. The lowest BCUT2D eigenvalue weighted by Gasteiger charge is -2.25. The second kappa shape index (κ2) is 10.9. The van der Waals surface area contributed by atoms with Gasteiger partial charge in [0.05, 0.1) is 38.0 Å². The Kier molecular flexibility index (Phi) is 7.98. The van der Waals surface area contributed by atoms with Gasteiger partial charge in [0.2, 0.25) is 0 Å². The molecule has 1 atom stereocenters. The molecule has 0 bridgehead atoms. The average molecular weight is 454 g/mol. The molecule has 0 aliphatic carbocycles. The van der Waals surface area contributed by atoms with E-state index in [4.69, 9.17) is 14.2 Å². The van der Waals surface area contributed by atoms with E-state index in [0.717, 1.165) is 19.3 Å². The average Bonchev–Trinajstić information content (AvgIpc) is 3.10. The summed E-state index contributed by atoms with van der Waals surface area (Å²) in [6, 6.07) is 11.5. The smallest absolute Gasteiger partial charge is 0.295 e. The first kappa shape index (κ1) is 24.2. The molecule has 7 heteroatoms. The van der Waals surface area contributed by atoms with Gasteiger partial charge in [-0.05, 0) is 42.7 Å². The predicted octanol–water partition coefficient (Wildman–Crippen LogP) is 4.71. The van der Waals surface area contributed by atoms with Gasteiger partial charge >= 0.3 is 0 Å². The second-order valence-electron chi connectivity index (χ2n) is 7.83. The SMILES string of the molecule is CCCCN1C(=O)C(=O)/C(=C(\O)c2ccc(OC)cc2OC)C1c1cccc(OCCC)c1. The first-order valence-corrected chi connectivity index (χ1v) is 11.2. The number of benzene rings is 2. The van der Waals surface area contributed by atoms with Gasteiger partial charge in [-0.25, -0.2) is 0 Å². The number of hydrogen-bond acceptors (Lipinski definition) is 6. The molecular formula is C26H31NO6. The lowest BCUT2D eigenvalue weighted by molar-refractivity contribution is -0.139. The van der Waals surface area contributed by atoms with E-state index in [0.29, 0.717) is 41.5 Å². The van der Waals surface area contributed by atoms with E-state index in [-0.39, 0.29) is 11.3 Å². The third kappa shape index (κ3) is 4.97. The molecule has 3 rings (SSSR count). The standard InChI is InChI=1S/C26H31NO6/c1-5-7-13-27-23(17-9-8-10-19(15-17)33-14-6-2)22(25(29)26(27)30)24(28)20-12-11-18(31-3)16-21(20)32-4/h8-12,15-16,23,28H,5-7,13-14H2,1-4H3/b24-22-. The van der Waals surface area contributed by atoms with Crippen LogP contribution >= 0.6 is 0 Å². The van der Waals surface area contributed by atoms with Gasteiger partial charge in [-0.2, -0.15) is 0 Å². The van der Waals surface area contributed by atoms with Crippen LogP contribution in [0.5, 0.6) is 17.2 Å². The monoisotopic (exact) mass is 453 g/mol. The molecule has 1 aliphatic rings. The van der Waals surface area contributed by atoms with Crippen molar-refractivity contribution in [2.45, 2.75) is 39.2 Å². The Morgan fingerprint density at radius 1 is 1.00 bits per heavy atom. The van der Waals surface area contributed by atoms with Gasteiger partial charge in [0, 0.05) is 12.6 Å². The van der Waals surface area contributed by atoms with Crippen LogP contribution in [0.4, 0.5) is 0 Å². The van der Waals surface area contributed by atoms with Crippen LogP contribution in [0, 0.1) is 0 Å². The van der Waals surface area contributed by atoms with E-state index in [1.165, 1.54) is 19.1 Å². The number of carbonyl (C=O) groups is 2. The molecule has 1 N–H and O–H groups in total. The zero-order valence-corrected chi connectivity index (χ0v) is 19.6. The topological polar surface area (TPSA) is 85.3 Å². The third-order valence-corrected chi connectivity index (χ3v) is 5.60. The highest BCUT2D eigenvalue weighted by molar-refractivity contribution is 6.46. The first-order chi connectivity index (χ1) is 16.0. The number of aliphatic hydroxyl groups is 1. The Morgan fingerprint density at radius 2 is 1.79 bits per heavy atom. The number of methoxy groups -OCH3 is 2. The van der Waals surface area contributed by atoms with Crippen LogP contribution < -0.4 is 14.2 Å². The van der Waals surface area contributed by atoms with Crippen LogP contribution in [0.1, 0.15) is 50.3 Å². The Hall–Kier alpha value is -3.48. The van der Waals surface area contributed by atoms with Crippen molar-refractivity contribution in [1.82, 2.24) is 4.90 Å². The van der Waals surface area contributed by atoms with Crippen LogP contribution in [0.15, 0.2) is 48.0 Å². The quantitative estimate of drug-likeness (QED) is 0.318. The van der Waals surface area contributed by atoms with Crippen LogP contribution in [0.25, 0.3) is 5.76 Å². The molecule has 0 spiro atoms. The fraction of sp³-hybridized carbons (Fsp3) is 0.385. The van der Waals surface area contributed by atoms with E-state index in [1.54, 1.807) is 18.2 Å². The van der Waals surface area contributed by atoms with Crippen molar-refractivity contribution in [2.75, 3.05) is 27.4 Å². The summed E-state index contributed by atoms with van der Waals surface area (Å²) in [5.41, 5.74) is 1.05. The normalized spacial score (nSPS) is 17.3. The number of nitrogens with zero attached hydrogens (tertiary/aromatic N) is 1. The van der Waals surface area contributed by atoms with Crippen molar-refractivity contribution in [3.05, 3.63) is 59.2 Å². The lowest BCUT2D eigenvalue weighted by Crippen LogP contribution is -2.30. The Morgan fingerprint density at radius 3 is 2.45 bits per heavy atom. The highest BCUT2D eigenvalue weighted by Gasteiger charge is 2.46. The maximum Gasteiger partial charge on any atom is 0.295 e. The van der Waals surface area contributed by atoms with E-state index >= 15 is 0 Å². The highest BCUT2D eigenvalue weighted by atomic mass is 16.5. The molecular weight excluding hydrogens is 422 g/mol. The molecule has 1 aliphatic heterocycles. The number of ketones is 1. The Labute approximate surface area is 194 Å². The third-order valence-electron chi connectivity index (χ3n) is 5.60. The molecule has 0 radical (unpaired) electrons. The summed E-state index contributed by atoms with van der Waals surface area (Å²) in [7, 11) is 3.00. The molecule has 1 fully saturated rings. The van der Waals surface area contributed by atoms with Gasteiger partial charge in [-0.3, -0.25) is 9.59 Å². The molecule has 33 heavy (non-hydrogen) atoms. The van der Waals surface area contributed by atoms with E-state index in [9.17, 15) is 14.7 Å². The predicted molar refractivity (Wildman–Crippen MR) is 126 cm³/mol. The maximum absolute atomic E-state index is 13.2. The largest absolute Gasteiger partial charge is 0.507 e. The number of rotatable bonds is 10. The number of carbonyl (C=O) groups excluding carboxylic acids is 2. The fourth-order valence-electron chi connectivity index (χ4n) is 3.92. The van der Waals surface area contributed by atoms with Crippen molar-refractivity contribution >= 4 is 17.4 Å². The molecule has 1 amide bonds. The van der Waals surface area contributed by atoms with Crippen LogP contribution in [-0.2, 0) is 9.59 Å². The van der Waals surface area contributed by atoms with Gasteiger partial charge in [0.1, 0.15) is 23.0 Å². The number of ether oxygens (including phenoxy) is 3. The number of unbranched alkanes of at least 4 members (excludes halogenated alkanes) is 1. The minimum atomic E-state index is -0.728. The summed E-state index contributed by atoms with van der Waals surface area (Å²) >= 11 is 0. The number of hydrogen-bond donors (Lipinski definition) is 1. The summed E-state index contributed by atoms with van der Waals surface area (Å²) in [6.45, 7) is 5.00. The molecule has 1 heterocycles. The van der Waals surface area contributed by atoms with Gasteiger partial charge in [-0.15, -0.1) is 0 Å². The van der Waals surface area contributed by atoms with Crippen molar-refractivity contribution < 1.29 is 28.9 Å². The fourth-order valence-corrected chi connectivity index (χ4v) is 3.92. The number of aliphatic hydroxyl groups excluding tert-OH is 1. The molecule has 176 valence electrons. The molecule has 0 saturated carbocycles. The van der Waals surface area contributed by atoms with E-state index in [2.05, 4.69) is 0 Å². The number of amides is 1. The van der Waals surface area contributed by atoms with Gasteiger partial charge in [0.15, 0.2) is 0 Å². The minimum Gasteiger partial charge on any atom is -0.507 e. The van der Waals surface area contributed by atoms with Gasteiger partial charge < -0.3 is 24.2 Å². The summed E-state index contributed by atoms with van der Waals surface area (Å²) in [5.74, 6) is -0.0857. The highest BCUT2D eigenvalue weighted by Crippen LogP contribution is 2.42.